The monoisotopic (exact) mass is 245 g/mol. The molecule has 2 aromatic rings. The molecule has 0 atom stereocenters. The molecule has 0 saturated heterocycles. The second kappa shape index (κ2) is 3.85. The van der Waals surface area contributed by atoms with E-state index in [0.717, 1.165) is 0 Å². The van der Waals surface area contributed by atoms with Gasteiger partial charge in [0, 0.05) is 5.56 Å². The Balaban J connectivity index is 3.03. The summed E-state index contributed by atoms with van der Waals surface area (Å²) in [5.41, 5.74) is -1.97. The smallest absolute Gasteiger partial charge is 0.348 e. The van der Waals surface area contributed by atoms with Crippen LogP contribution in [0.2, 0.25) is 0 Å². The van der Waals surface area contributed by atoms with E-state index in [0.29, 0.717) is 0 Å². The van der Waals surface area contributed by atoms with Crippen molar-refractivity contribution in [2.24, 2.45) is 0 Å². The summed E-state index contributed by atoms with van der Waals surface area (Å²) < 4.78 is 0.155. The van der Waals surface area contributed by atoms with Gasteiger partial charge in [-0.3, -0.25) is 14.4 Å². The van der Waals surface area contributed by atoms with Crippen LogP contribution in [0.3, 0.4) is 0 Å². The van der Waals surface area contributed by atoms with E-state index in [1.807, 2.05) is 6.07 Å². The van der Waals surface area contributed by atoms with Crippen molar-refractivity contribution < 1.29 is 10.0 Å². The summed E-state index contributed by atoms with van der Waals surface area (Å²) in [6.45, 7) is 1.26. The Hall–Kier alpha value is -2.88. The molecule has 2 rings (SSSR count). The number of hydrogen-bond acceptors (Lipinski definition) is 5. The SMILES string of the molecule is CC(=O)c1cc2c(cc1C#N)[nH]c(=O)c(=O)n2O. The third-order valence-corrected chi connectivity index (χ3v) is 2.50. The predicted octanol–water partition coefficient (Wildman–Crippen LogP) is 0.00138. The molecule has 1 heterocycles. The lowest BCUT2D eigenvalue weighted by Crippen LogP contribution is -2.35. The van der Waals surface area contributed by atoms with Crippen molar-refractivity contribution in [1.29, 1.82) is 5.26 Å². The Kier molecular flexibility index (Phi) is 2.48. The highest BCUT2D eigenvalue weighted by Crippen LogP contribution is 2.16. The van der Waals surface area contributed by atoms with Gasteiger partial charge in [0.1, 0.15) is 5.52 Å². The van der Waals surface area contributed by atoms with Crippen LogP contribution in [0.5, 0.6) is 0 Å². The zero-order valence-corrected chi connectivity index (χ0v) is 9.22. The van der Waals surface area contributed by atoms with Gasteiger partial charge in [-0.1, -0.05) is 0 Å². The molecule has 0 bridgehead atoms. The maximum atomic E-state index is 11.3. The predicted molar refractivity (Wildman–Crippen MR) is 60.7 cm³/mol. The van der Waals surface area contributed by atoms with Crippen molar-refractivity contribution >= 4 is 16.8 Å². The number of benzene rings is 1. The Morgan fingerprint density at radius 3 is 2.67 bits per heavy atom. The topological polar surface area (TPSA) is 116 Å². The summed E-state index contributed by atoms with van der Waals surface area (Å²) in [5, 5.41) is 18.4. The van der Waals surface area contributed by atoms with Gasteiger partial charge in [0.2, 0.25) is 0 Å². The van der Waals surface area contributed by atoms with Crippen molar-refractivity contribution in [3.8, 4) is 6.07 Å². The fourth-order valence-electron chi connectivity index (χ4n) is 1.63. The van der Waals surface area contributed by atoms with E-state index in [1.54, 1.807) is 0 Å². The van der Waals surface area contributed by atoms with Crippen LogP contribution in [0.15, 0.2) is 21.7 Å². The molecule has 0 unspecified atom stereocenters. The number of rotatable bonds is 1. The zero-order valence-electron chi connectivity index (χ0n) is 9.22. The number of nitrogens with zero attached hydrogens (tertiary/aromatic N) is 2. The number of Topliss-reactive ketones (excluding diaryl/α,β-unsaturated/α-hetero) is 1. The van der Waals surface area contributed by atoms with Crippen LogP contribution >= 0.6 is 0 Å². The summed E-state index contributed by atoms with van der Waals surface area (Å²) in [6.07, 6.45) is 0. The van der Waals surface area contributed by atoms with Crippen molar-refractivity contribution in [1.82, 2.24) is 9.71 Å². The number of hydrogen-bond donors (Lipinski definition) is 2. The average molecular weight is 245 g/mol. The first-order valence-corrected chi connectivity index (χ1v) is 4.89. The van der Waals surface area contributed by atoms with Crippen molar-refractivity contribution in [3.63, 3.8) is 0 Å². The fraction of sp³-hybridized carbons (Fsp3) is 0.0909. The Bertz CT molecular complexity index is 823. The van der Waals surface area contributed by atoms with Gasteiger partial charge in [0.05, 0.1) is 17.1 Å². The molecular weight excluding hydrogens is 238 g/mol. The molecular formula is C11H7N3O4. The molecule has 1 aromatic heterocycles. The Morgan fingerprint density at radius 1 is 1.44 bits per heavy atom. The zero-order chi connectivity index (χ0) is 13.4. The van der Waals surface area contributed by atoms with Gasteiger partial charge in [-0.25, -0.2) is 0 Å². The second-order valence-electron chi connectivity index (χ2n) is 3.65. The van der Waals surface area contributed by atoms with Gasteiger partial charge in [-0.2, -0.15) is 5.26 Å². The number of fused-ring (bicyclic) bond motifs is 1. The number of aromatic nitrogens is 2. The number of nitrogens with one attached hydrogen (secondary N) is 1. The summed E-state index contributed by atoms with van der Waals surface area (Å²) in [6, 6.07) is 4.23. The summed E-state index contributed by atoms with van der Waals surface area (Å²) in [4.78, 5) is 36.0. The minimum absolute atomic E-state index is 0.0381. The molecule has 0 radical (unpaired) electrons. The fourth-order valence-corrected chi connectivity index (χ4v) is 1.63. The number of aromatic amines is 1. The minimum atomic E-state index is -1.15. The molecule has 0 saturated carbocycles. The third-order valence-electron chi connectivity index (χ3n) is 2.50. The minimum Gasteiger partial charge on any atom is -0.425 e. The van der Waals surface area contributed by atoms with Crippen LogP contribution in [0.1, 0.15) is 22.8 Å². The van der Waals surface area contributed by atoms with E-state index in [9.17, 15) is 19.6 Å². The number of nitriles is 1. The molecule has 7 heteroatoms. The first-order valence-electron chi connectivity index (χ1n) is 4.89. The maximum absolute atomic E-state index is 11.3. The van der Waals surface area contributed by atoms with Gasteiger partial charge >= 0.3 is 11.1 Å². The molecule has 0 spiro atoms. The molecule has 0 amide bonds. The largest absolute Gasteiger partial charge is 0.425 e. The lowest BCUT2D eigenvalue weighted by Gasteiger charge is -2.05. The maximum Gasteiger partial charge on any atom is 0.348 e. The molecule has 0 fully saturated rings. The van der Waals surface area contributed by atoms with Crippen LogP contribution in [-0.4, -0.2) is 20.7 Å². The summed E-state index contributed by atoms with van der Waals surface area (Å²) >= 11 is 0. The van der Waals surface area contributed by atoms with E-state index < -0.39 is 11.1 Å². The Morgan fingerprint density at radius 2 is 2.11 bits per heavy atom. The van der Waals surface area contributed by atoms with E-state index in [4.69, 9.17) is 5.26 Å². The standard InChI is InChI=1S/C11H7N3O4/c1-5(15)7-3-9-8(2-6(7)4-12)13-10(16)11(17)14(9)18/h2-3,18H,1H3,(H,13,16). The highest BCUT2D eigenvalue weighted by Gasteiger charge is 2.13. The van der Waals surface area contributed by atoms with Gasteiger partial charge in [0.15, 0.2) is 5.78 Å². The molecule has 2 N–H and O–H groups in total. The molecule has 18 heavy (non-hydrogen) atoms. The highest BCUT2D eigenvalue weighted by atomic mass is 16.5. The number of carbonyl (C=O) groups excluding carboxylic acids is 1. The molecule has 7 nitrogen and oxygen atoms in total. The van der Waals surface area contributed by atoms with Crippen LogP contribution in [0, 0.1) is 11.3 Å². The molecule has 90 valence electrons. The van der Waals surface area contributed by atoms with E-state index >= 15 is 0 Å². The highest BCUT2D eigenvalue weighted by molar-refractivity contribution is 5.99. The first kappa shape index (κ1) is 11.6. The van der Waals surface area contributed by atoms with E-state index in [-0.39, 0.29) is 32.7 Å². The third kappa shape index (κ3) is 1.56. The molecule has 0 aliphatic rings. The average Bonchev–Trinajstić information content (AvgIpc) is 2.34. The number of H-pyrrole nitrogens is 1. The van der Waals surface area contributed by atoms with Gasteiger partial charge in [-0.05, 0) is 19.1 Å². The van der Waals surface area contributed by atoms with Crippen LogP contribution < -0.4 is 11.1 Å². The number of ketones is 1. The van der Waals surface area contributed by atoms with Gasteiger partial charge < -0.3 is 10.2 Å². The van der Waals surface area contributed by atoms with Gasteiger partial charge in [0.25, 0.3) is 0 Å². The van der Waals surface area contributed by atoms with E-state index in [2.05, 4.69) is 4.98 Å². The summed E-state index contributed by atoms with van der Waals surface area (Å²) in [5.74, 6) is -0.382. The summed E-state index contributed by atoms with van der Waals surface area (Å²) in [7, 11) is 0. The van der Waals surface area contributed by atoms with Crippen molar-refractivity contribution in [2.45, 2.75) is 6.92 Å². The lowest BCUT2D eigenvalue weighted by molar-refractivity contribution is 0.101. The quantitative estimate of drug-likeness (QED) is 0.416. The van der Waals surface area contributed by atoms with Gasteiger partial charge in [-0.15, -0.1) is 4.73 Å². The normalized spacial score (nSPS) is 10.2. The van der Waals surface area contributed by atoms with E-state index in [1.165, 1.54) is 19.1 Å². The first-order chi connectivity index (χ1) is 8.45. The van der Waals surface area contributed by atoms with Crippen molar-refractivity contribution in [2.75, 3.05) is 0 Å². The lowest BCUT2D eigenvalue weighted by atomic mass is 10.0. The van der Waals surface area contributed by atoms with Crippen LogP contribution in [0.25, 0.3) is 11.0 Å². The second-order valence-corrected chi connectivity index (χ2v) is 3.65. The van der Waals surface area contributed by atoms with Crippen LogP contribution in [0.4, 0.5) is 0 Å². The number of carbonyl (C=O) groups is 1. The van der Waals surface area contributed by atoms with Crippen molar-refractivity contribution in [3.05, 3.63) is 44.0 Å². The van der Waals surface area contributed by atoms with Crippen LogP contribution in [-0.2, 0) is 0 Å². The molecule has 0 aliphatic carbocycles. The Labute approximate surface area is 99.5 Å². The molecule has 1 aromatic carbocycles. The molecule has 0 aliphatic heterocycles.